The molecule has 0 bridgehead atoms. The normalized spacial score (nSPS) is 14.5. The van der Waals surface area contributed by atoms with Gasteiger partial charge in [0.25, 0.3) is 0 Å². The average molecular weight is 200 g/mol. The summed E-state index contributed by atoms with van der Waals surface area (Å²) in [6.07, 6.45) is -2.98. The van der Waals surface area contributed by atoms with Crippen molar-refractivity contribution in [2.24, 2.45) is 0 Å². The molecule has 2 nitrogen and oxygen atoms in total. The van der Waals surface area contributed by atoms with E-state index in [4.69, 9.17) is 0 Å². The molecule has 5 heteroatoms. The molecule has 0 rings (SSSR count). The van der Waals surface area contributed by atoms with Crippen molar-refractivity contribution in [3.8, 4) is 0 Å². The fourth-order valence-corrected chi connectivity index (χ4v) is 0.931. The molecule has 13 heavy (non-hydrogen) atoms. The van der Waals surface area contributed by atoms with Crippen LogP contribution in [0.4, 0.5) is 13.2 Å². The van der Waals surface area contributed by atoms with Crippen molar-refractivity contribution in [3.05, 3.63) is 0 Å². The molecule has 0 spiro atoms. The Bertz CT molecular complexity index is 125. The minimum Gasteiger partial charge on any atom is -0.339 e. The van der Waals surface area contributed by atoms with E-state index >= 15 is 0 Å². The van der Waals surface area contributed by atoms with Crippen LogP contribution in [0.25, 0.3) is 0 Å². The number of alkyl halides is 3. The Balaban J connectivity index is 3.18. The third-order valence-electron chi connectivity index (χ3n) is 1.96. The highest BCUT2D eigenvalue weighted by Crippen LogP contribution is 2.09. The molecule has 0 fully saturated rings. The van der Waals surface area contributed by atoms with Crippen molar-refractivity contribution < 1.29 is 23.8 Å². The van der Waals surface area contributed by atoms with Gasteiger partial charge in [0.05, 0.1) is 6.04 Å². The molecule has 0 unspecified atom stereocenters. The van der Waals surface area contributed by atoms with E-state index in [1.807, 2.05) is 0 Å². The second-order valence-corrected chi connectivity index (χ2v) is 3.31. The van der Waals surface area contributed by atoms with Gasteiger partial charge in [-0.15, -0.1) is 0 Å². The second kappa shape index (κ2) is 6.21. The van der Waals surface area contributed by atoms with Gasteiger partial charge in [-0.2, -0.15) is 13.2 Å². The van der Waals surface area contributed by atoms with Crippen molar-refractivity contribution in [1.29, 1.82) is 0 Å². The molecule has 80 valence electrons. The summed E-state index contributed by atoms with van der Waals surface area (Å²) in [5.41, 5.74) is 0. The predicted molar refractivity (Wildman–Crippen MR) is 44.3 cm³/mol. The van der Waals surface area contributed by atoms with Gasteiger partial charge in [0.1, 0.15) is 13.1 Å². The van der Waals surface area contributed by atoms with Crippen LogP contribution in [0.2, 0.25) is 0 Å². The first-order valence-corrected chi connectivity index (χ1v) is 4.67. The summed E-state index contributed by atoms with van der Waals surface area (Å²) in [6, 6.07) is 0.513. The molecule has 0 aromatic heterocycles. The molecule has 4 N–H and O–H groups in total. The van der Waals surface area contributed by atoms with Crippen LogP contribution >= 0.6 is 0 Å². The molecule has 0 amide bonds. The molecule has 0 saturated heterocycles. The van der Waals surface area contributed by atoms with Crippen LogP contribution in [0.1, 0.15) is 20.3 Å². The van der Waals surface area contributed by atoms with E-state index in [-0.39, 0.29) is 0 Å². The van der Waals surface area contributed by atoms with Gasteiger partial charge in [-0.05, 0) is 13.3 Å². The summed E-state index contributed by atoms with van der Waals surface area (Å²) >= 11 is 0. The van der Waals surface area contributed by atoms with Gasteiger partial charge in [-0.25, -0.2) is 0 Å². The van der Waals surface area contributed by atoms with Crippen molar-refractivity contribution in [1.82, 2.24) is 0 Å². The van der Waals surface area contributed by atoms with E-state index < -0.39 is 12.7 Å². The highest BCUT2D eigenvalue weighted by molar-refractivity contribution is 4.41. The zero-order valence-corrected chi connectivity index (χ0v) is 8.19. The Morgan fingerprint density at radius 1 is 1.23 bits per heavy atom. The summed E-state index contributed by atoms with van der Waals surface area (Å²) in [5, 5.41) is 3.38. The largest absolute Gasteiger partial charge is 0.438 e. The molecule has 1 atom stereocenters. The van der Waals surface area contributed by atoms with Gasteiger partial charge < -0.3 is 10.6 Å². The summed E-state index contributed by atoms with van der Waals surface area (Å²) in [6.45, 7) is 4.67. The van der Waals surface area contributed by atoms with Crippen LogP contribution in [0.5, 0.6) is 0 Å². The number of nitrogens with two attached hydrogens (primary N) is 2. The lowest BCUT2D eigenvalue weighted by Crippen LogP contribution is -2.98. The van der Waals surface area contributed by atoms with Gasteiger partial charge in [0.15, 0.2) is 6.54 Å². The maximum Gasteiger partial charge on any atom is 0.438 e. The van der Waals surface area contributed by atoms with Gasteiger partial charge >= 0.3 is 6.18 Å². The third kappa shape index (κ3) is 9.63. The van der Waals surface area contributed by atoms with E-state index in [1.165, 1.54) is 5.32 Å². The molecule has 0 aliphatic heterocycles. The molecular formula is C8H19F3N2+2. The third-order valence-corrected chi connectivity index (χ3v) is 1.96. The molecule has 0 saturated carbocycles. The quantitative estimate of drug-likeness (QED) is 0.541. The Morgan fingerprint density at radius 2 is 1.85 bits per heavy atom. The minimum absolute atomic E-state index is 0.513. The van der Waals surface area contributed by atoms with E-state index in [2.05, 4.69) is 19.2 Å². The van der Waals surface area contributed by atoms with Crippen LogP contribution in [-0.2, 0) is 0 Å². The molecular weight excluding hydrogens is 181 g/mol. The lowest BCUT2D eigenvalue weighted by molar-refractivity contribution is -0.746. The maximum absolute atomic E-state index is 11.7. The van der Waals surface area contributed by atoms with Crippen LogP contribution in [0.15, 0.2) is 0 Å². The van der Waals surface area contributed by atoms with E-state index in [9.17, 15) is 13.2 Å². The number of rotatable bonds is 6. The van der Waals surface area contributed by atoms with Crippen LogP contribution < -0.4 is 10.6 Å². The second-order valence-electron chi connectivity index (χ2n) is 3.31. The highest BCUT2D eigenvalue weighted by Gasteiger charge is 2.29. The standard InChI is InChI=1S/C8H17F3N2/c1-3-7(2)13-5-4-12-6-8(9,10)11/h7,12-13H,3-6H2,1-2H3/p+2/t7-/m0/s1. The van der Waals surface area contributed by atoms with Gasteiger partial charge in [0, 0.05) is 0 Å². The van der Waals surface area contributed by atoms with Crippen LogP contribution in [0.3, 0.4) is 0 Å². The summed E-state index contributed by atoms with van der Waals surface area (Å²) in [5.74, 6) is 0. The van der Waals surface area contributed by atoms with Crippen LogP contribution in [-0.4, -0.2) is 31.9 Å². The van der Waals surface area contributed by atoms with E-state index in [0.717, 1.165) is 13.0 Å². The average Bonchev–Trinajstić information content (AvgIpc) is 2.01. The van der Waals surface area contributed by atoms with Crippen LogP contribution in [0, 0.1) is 0 Å². The first-order chi connectivity index (χ1) is 5.95. The van der Waals surface area contributed by atoms with E-state index in [1.54, 1.807) is 0 Å². The number of hydrogen-bond donors (Lipinski definition) is 2. The zero-order chi connectivity index (χ0) is 10.3. The molecule has 0 aromatic carbocycles. The smallest absolute Gasteiger partial charge is 0.339 e. The van der Waals surface area contributed by atoms with Crippen molar-refractivity contribution >= 4 is 0 Å². The number of hydrogen-bond acceptors (Lipinski definition) is 0. The molecule has 0 heterocycles. The number of halogens is 3. The van der Waals surface area contributed by atoms with Crippen molar-refractivity contribution in [2.45, 2.75) is 32.5 Å². The number of quaternary nitrogens is 2. The predicted octanol–water partition coefficient (Wildman–Crippen LogP) is -0.526. The topological polar surface area (TPSA) is 33.2 Å². The Kier molecular flexibility index (Phi) is 6.07. The lowest BCUT2D eigenvalue weighted by atomic mass is 10.3. The van der Waals surface area contributed by atoms with Crippen molar-refractivity contribution in [3.63, 3.8) is 0 Å². The maximum atomic E-state index is 11.7. The summed E-state index contributed by atoms with van der Waals surface area (Å²) < 4.78 is 35.0. The Morgan fingerprint density at radius 3 is 2.31 bits per heavy atom. The van der Waals surface area contributed by atoms with Gasteiger partial charge in [0.2, 0.25) is 0 Å². The fourth-order valence-electron chi connectivity index (χ4n) is 0.931. The fraction of sp³-hybridized carbons (Fsp3) is 1.00. The van der Waals surface area contributed by atoms with E-state index in [0.29, 0.717) is 12.6 Å². The summed E-state index contributed by atoms with van der Waals surface area (Å²) in [7, 11) is 0. The monoisotopic (exact) mass is 200 g/mol. The van der Waals surface area contributed by atoms with Crippen molar-refractivity contribution in [2.75, 3.05) is 19.6 Å². The SMILES string of the molecule is CC[C@H](C)[NH2+]CC[NH2+]CC(F)(F)F. The summed E-state index contributed by atoms with van der Waals surface area (Å²) in [4.78, 5) is 0. The molecule has 0 aliphatic carbocycles. The first-order valence-electron chi connectivity index (χ1n) is 4.67. The minimum atomic E-state index is -4.03. The molecule has 0 radical (unpaired) electrons. The van der Waals surface area contributed by atoms with Gasteiger partial charge in [-0.3, -0.25) is 0 Å². The zero-order valence-electron chi connectivity index (χ0n) is 8.19. The lowest BCUT2D eigenvalue weighted by Gasteiger charge is -2.08. The highest BCUT2D eigenvalue weighted by atomic mass is 19.4. The molecule has 0 aromatic rings. The molecule has 0 aliphatic rings. The first kappa shape index (κ1) is 12.7. The Hall–Kier alpha value is -0.290. The van der Waals surface area contributed by atoms with Gasteiger partial charge in [-0.1, -0.05) is 6.92 Å². The Labute approximate surface area is 76.9 Å².